The third-order valence-electron chi connectivity index (χ3n) is 5.56. The number of nitrogens with zero attached hydrogens (tertiary/aromatic N) is 3. The molecule has 1 unspecified atom stereocenters. The van der Waals surface area contributed by atoms with Crippen molar-refractivity contribution in [2.24, 2.45) is 10.4 Å². The van der Waals surface area contributed by atoms with E-state index in [4.69, 9.17) is 9.73 Å². The Balaban J connectivity index is 0.00000208. The largest absolute Gasteiger partial charge is 0.381 e. The summed E-state index contributed by atoms with van der Waals surface area (Å²) in [5.41, 5.74) is 0.397. The molecule has 1 saturated carbocycles. The third-order valence-corrected chi connectivity index (χ3v) is 5.56. The maximum Gasteiger partial charge on any atom is 0.193 e. The normalized spacial score (nSPS) is 27.4. The fourth-order valence-electron chi connectivity index (χ4n) is 4.05. The van der Waals surface area contributed by atoms with Crippen molar-refractivity contribution in [3.63, 3.8) is 0 Å². The number of hydrogen-bond acceptors (Lipinski definition) is 3. The zero-order valence-corrected chi connectivity index (χ0v) is 17.9. The van der Waals surface area contributed by atoms with Gasteiger partial charge >= 0.3 is 0 Å². The lowest BCUT2D eigenvalue weighted by atomic mass is 9.87. The van der Waals surface area contributed by atoms with Crippen molar-refractivity contribution in [2.75, 3.05) is 45.9 Å². The number of guanidine groups is 1. The molecule has 0 bridgehead atoms. The quantitative estimate of drug-likeness (QED) is 0.384. The van der Waals surface area contributed by atoms with Gasteiger partial charge in [0.25, 0.3) is 0 Å². The van der Waals surface area contributed by atoms with Gasteiger partial charge in [0.2, 0.25) is 0 Å². The summed E-state index contributed by atoms with van der Waals surface area (Å²) in [4.78, 5) is 10.00. The van der Waals surface area contributed by atoms with Crippen molar-refractivity contribution in [3.8, 4) is 0 Å². The van der Waals surface area contributed by atoms with Gasteiger partial charge in [-0.2, -0.15) is 0 Å². The van der Waals surface area contributed by atoms with Crippen molar-refractivity contribution in [1.82, 2.24) is 15.1 Å². The molecule has 6 heteroatoms. The molecule has 1 N–H and O–H groups in total. The molecular weight excluding hydrogens is 415 g/mol. The number of likely N-dealkylation sites (tertiary alicyclic amines) is 1. The van der Waals surface area contributed by atoms with E-state index >= 15 is 0 Å². The average Bonchev–Trinajstić information content (AvgIpc) is 3.12. The minimum atomic E-state index is 0. The van der Waals surface area contributed by atoms with E-state index in [9.17, 15) is 0 Å². The van der Waals surface area contributed by atoms with Crippen LogP contribution in [0.4, 0.5) is 0 Å². The Labute approximate surface area is 164 Å². The van der Waals surface area contributed by atoms with Crippen LogP contribution in [0.5, 0.6) is 0 Å². The Hall–Kier alpha value is -0.0800. The molecule has 140 valence electrons. The molecule has 3 aliphatic rings. The van der Waals surface area contributed by atoms with E-state index in [1.54, 1.807) is 0 Å². The molecule has 3 rings (SSSR count). The number of aliphatic imine (C=N–C) groups is 1. The van der Waals surface area contributed by atoms with Gasteiger partial charge in [0.15, 0.2) is 5.96 Å². The predicted molar refractivity (Wildman–Crippen MR) is 110 cm³/mol. The van der Waals surface area contributed by atoms with Crippen LogP contribution in [-0.2, 0) is 4.74 Å². The monoisotopic (exact) mass is 450 g/mol. The van der Waals surface area contributed by atoms with E-state index < -0.39 is 0 Å². The highest BCUT2D eigenvalue weighted by Crippen LogP contribution is 2.38. The highest BCUT2D eigenvalue weighted by Gasteiger charge is 2.42. The number of hydrogen-bond donors (Lipinski definition) is 1. The first-order chi connectivity index (χ1) is 11.1. The molecule has 0 amide bonds. The molecule has 0 radical (unpaired) electrons. The average molecular weight is 450 g/mol. The summed E-state index contributed by atoms with van der Waals surface area (Å²) in [5.74, 6) is 1.11. The van der Waals surface area contributed by atoms with Gasteiger partial charge in [-0.25, -0.2) is 0 Å². The van der Waals surface area contributed by atoms with Gasteiger partial charge in [-0.05, 0) is 46.5 Å². The molecule has 1 spiro atoms. The highest BCUT2D eigenvalue weighted by molar-refractivity contribution is 14.0. The third kappa shape index (κ3) is 4.97. The van der Waals surface area contributed by atoms with Crippen molar-refractivity contribution in [1.29, 1.82) is 0 Å². The summed E-state index contributed by atoms with van der Waals surface area (Å²) in [6, 6.07) is 1.45. The molecule has 24 heavy (non-hydrogen) atoms. The first-order valence-electron chi connectivity index (χ1n) is 9.50. The van der Waals surface area contributed by atoms with E-state index in [0.717, 1.165) is 57.9 Å². The maximum absolute atomic E-state index is 5.65. The summed E-state index contributed by atoms with van der Waals surface area (Å²) >= 11 is 0. The maximum atomic E-state index is 5.65. The minimum Gasteiger partial charge on any atom is -0.381 e. The second-order valence-corrected chi connectivity index (χ2v) is 7.77. The lowest BCUT2D eigenvalue weighted by Gasteiger charge is -2.27. The van der Waals surface area contributed by atoms with Crippen LogP contribution in [0, 0.1) is 5.41 Å². The standard InChI is InChI=1S/C18H34N4O.HI/c1-4-19-17(20-9-11-22(15(2)3)16-5-6-16)21-10-7-18(13-21)8-12-23-14-18;/h15-16H,4-14H2,1-3H3,(H,19,20);1H. The number of halogens is 1. The highest BCUT2D eigenvalue weighted by atomic mass is 127. The summed E-state index contributed by atoms with van der Waals surface area (Å²) < 4.78 is 5.65. The first-order valence-corrected chi connectivity index (χ1v) is 9.50. The molecule has 1 aliphatic carbocycles. The zero-order chi connectivity index (χ0) is 16.3. The molecule has 3 fully saturated rings. The Bertz CT molecular complexity index is 417. The second-order valence-electron chi connectivity index (χ2n) is 7.77. The smallest absolute Gasteiger partial charge is 0.193 e. The first kappa shape index (κ1) is 20.2. The van der Waals surface area contributed by atoms with E-state index in [2.05, 4.69) is 35.9 Å². The summed E-state index contributed by atoms with van der Waals surface area (Å²) in [6.45, 7) is 13.8. The van der Waals surface area contributed by atoms with Crippen molar-refractivity contribution >= 4 is 29.9 Å². The van der Waals surface area contributed by atoms with Gasteiger partial charge in [0, 0.05) is 50.3 Å². The Morgan fingerprint density at radius 1 is 1.38 bits per heavy atom. The van der Waals surface area contributed by atoms with E-state index in [1.807, 2.05) is 0 Å². The lowest BCUT2D eigenvalue weighted by molar-refractivity contribution is 0.156. The molecule has 0 aromatic carbocycles. The van der Waals surface area contributed by atoms with Crippen LogP contribution in [-0.4, -0.2) is 73.8 Å². The zero-order valence-electron chi connectivity index (χ0n) is 15.6. The molecule has 2 aliphatic heterocycles. The van der Waals surface area contributed by atoms with Gasteiger partial charge in [-0.3, -0.25) is 9.89 Å². The SMILES string of the molecule is CCNC(=NCCN(C(C)C)C1CC1)N1CCC2(CCOC2)C1.I. The second kappa shape index (κ2) is 9.03. The van der Waals surface area contributed by atoms with Crippen LogP contribution >= 0.6 is 24.0 Å². The topological polar surface area (TPSA) is 40.1 Å². The minimum absolute atomic E-state index is 0. The van der Waals surface area contributed by atoms with Gasteiger partial charge in [-0.15, -0.1) is 24.0 Å². The van der Waals surface area contributed by atoms with E-state index in [0.29, 0.717) is 11.5 Å². The van der Waals surface area contributed by atoms with E-state index in [1.165, 1.54) is 25.7 Å². The van der Waals surface area contributed by atoms with Crippen LogP contribution in [0.25, 0.3) is 0 Å². The van der Waals surface area contributed by atoms with Gasteiger partial charge in [0.05, 0.1) is 13.2 Å². The van der Waals surface area contributed by atoms with Crippen LogP contribution in [0.2, 0.25) is 0 Å². The van der Waals surface area contributed by atoms with Crippen LogP contribution < -0.4 is 5.32 Å². The number of nitrogens with one attached hydrogen (secondary N) is 1. The van der Waals surface area contributed by atoms with E-state index in [-0.39, 0.29) is 24.0 Å². The van der Waals surface area contributed by atoms with Gasteiger partial charge in [-0.1, -0.05) is 0 Å². The van der Waals surface area contributed by atoms with Gasteiger partial charge < -0.3 is 15.0 Å². The van der Waals surface area contributed by atoms with Crippen molar-refractivity contribution < 1.29 is 4.74 Å². The van der Waals surface area contributed by atoms with Crippen LogP contribution in [0.1, 0.15) is 46.5 Å². The number of ether oxygens (including phenoxy) is 1. The fraction of sp³-hybridized carbons (Fsp3) is 0.944. The molecule has 5 nitrogen and oxygen atoms in total. The molecular formula is C18H35IN4O. The molecule has 0 aromatic rings. The molecule has 0 aromatic heterocycles. The summed E-state index contributed by atoms with van der Waals surface area (Å²) in [7, 11) is 0. The van der Waals surface area contributed by atoms with Crippen molar-refractivity contribution in [2.45, 2.75) is 58.5 Å². The molecule has 2 saturated heterocycles. The molecule has 1 atom stereocenters. The van der Waals surface area contributed by atoms with Gasteiger partial charge in [0.1, 0.15) is 0 Å². The summed E-state index contributed by atoms with van der Waals surface area (Å²) in [5, 5.41) is 3.50. The Morgan fingerprint density at radius 2 is 2.17 bits per heavy atom. The predicted octanol–water partition coefficient (Wildman–Crippen LogP) is 2.56. The van der Waals surface area contributed by atoms with Crippen molar-refractivity contribution in [3.05, 3.63) is 0 Å². The fourth-order valence-corrected chi connectivity index (χ4v) is 4.05. The number of rotatable bonds is 6. The Kier molecular flexibility index (Phi) is 7.61. The molecule has 2 heterocycles. The Morgan fingerprint density at radius 3 is 2.75 bits per heavy atom. The lowest BCUT2D eigenvalue weighted by Crippen LogP contribution is -2.42. The summed E-state index contributed by atoms with van der Waals surface area (Å²) in [6.07, 6.45) is 5.20. The van der Waals surface area contributed by atoms with Crippen LogP contribution in [0.3, 0.4) is 0 Å². The van der Waals surface area contributed by atoms with Crippen LogP contribution in [0.15, 0.2) is 4.99 Å².